The molecule has 1 aliphatic rings. The van der Waals surface area contributed by atoms with Crippen LogP contribution in [0, 0.1) is 5.92 Å². The maximum absolute atomic E-state index is 11.9. The van der Waals surface area contributed by atoms with Gasteiger partial charge in [0.05, 0.1) is 12.7 Å². The summed E-state index contributed by atoms with van der Waals surface area (Å²) in [6.45, 7) is 5.71. The fraction of sp³-hybridized carbons (Fsp3) is 0.600. The Labute approximate surface area is 144 Å². The zero-order valence-corrected chi connectivity index (χ0v) is 15.1. The summed E-state index contributed by atoms with van der Waals surface area (Å²) >= 11 is 0. The van der Waals surface area contributed by atoms with Crippen LogP contribution in [0.25, 0.3) is 0 Å². The molecule has 0 atom stereocenters. The van der Waals surface area contributed by atoms with E-state index in [1.165, 1.54) is 12.7 Å². The van der Waals surface area contributed by atoms with Gasteiger partial charge in [-0.3, -0.25) is 4.79 Å². The van der Waals surface area contributed by atoms with E-state index in [0.717, 1.165) is 25.7 Å². The molecule has 1 aromatic carbocycles. The van der Waals surface area contributed by atoms with Crippen molar-refractivity contribution in [3.05, 3.63) is 35.4 Å². The molecule has 0 radical (unpaired) electrons. The first-order valence-electron chi connectivity index (χ1n) is 8.68. The van der Waals surface area contributed by atoms with Crippen LogP contribution in [-0.4, -0.2) is 24.6 Å². The van der Waals surface area contributed by atoms with Crippen molar-refractivity contribution in [3.8, 4) is 0 Å². The van der Waals surface area contributed by atoms with Crippen molar-refractivity contribution in [3.63, 3.8) is 0 Å². The topological polar surface area (TPSA) is 52.6 Å². The summed E-state index contributed by atoms with van der Waals surface area (Å²) in [6.07, 6.45) is 4.76. The highest BCUT2D eigenvalue weighted by Crippen LogP contribution is 2.37. The van der Waals surface area contributed by atoms with Crippen molar-refractivity contribution in [1.82, 2.24) is 0 Å². The highest BCUT2D eigenvalue weighted by Gasteiger charge is 2.26. The summed E-state index contributed by atoms with van der Waals surface area (Å²) in [7, 11) is 1.39. The second-order valence-electron chi connectivity index (χ2n) is 7.62. The van der Waals surface area contributed by atoms with Gasteiger partial charge in [0, 0.05) is 6.42 Å². The van der Waals surface area contributed by atoms with Crippen LogP contribution >= 0.6 is 0 Å². The largest absolute Gasteiger partial charge is 0.465 e. The number of hydrogen-bond acceptors (Lipinski definition) is 4. The second-order valence-corrected chi connectivity index (χ2v) is 7.62. The van der Waals surface area contributed by atoms with Crippen molar-refractivity contribution in [2.24, 2.45) is 5.92 Å². The standard InChI is InChI=1S/C20H28O4/c1-20(2,3)24-18(21)13-14-5-7-15(8-6-14)16-9-11-17(12-10-16)19(22)23-4/h9-12,14-15H,5-8,13H2,1-4H3. The monoisotopic (exact) mass is 332 g/mol. The predicted octanol–water partition coefficient (Wildman–Crippen LogP) is 4.48. The molecule has 0 aromatic heterocycles. The third kappa shape index (κ3) is 5.36. The fourth-order valence-corrected chi connectivity index (χ4v) is 3.33. The number of esters is 2. The Morgan fingerprint density at radius 3 is 2.12 bits per heavy atom. The van der Waals surface area contributed by atoms with Gasteiger partial charge in [-0.05, 0) is 76.0 Å². The van der Waals surface area contributed by atoms with Gasteiger partial charge in [-0.25, -0.2) is 4.79 Å². The van der Waals surface area contributed by atoms with Gasteiger partial charge < -0.3 is 9.47 Å². The van der Waals surface area contributed by atoms with E-state index in [-0.39, 0.29) is 11.9 Å². The van der Waals surface area contributed by atoms with Gasteiger partial charge in [0.25, 0.3) is 0 Å². The molecule has 4 heteroatoms. The van der Waals surface area contributed by atoms with Gasteiger partial charge >= 0.3 is 11.9 Å². The Bertz CT molecular complexity index is 560. The molecule has 0 saturated heterocycles. The molecule has 0 amide bonds. The molecular weight excluding hydrogens is 304 g/mol. The Hall–Kier alpha value is -1.84. The summed E-state index contributed by atoms with van der Waals surface area (Å²) < 4.78 is 10.1. The lowest BCUT2D eigenvalue weighted by molar-refractivity contribution is -0.156. The molecule has 1 saturated carbocycles. The van der Waals surface area contributed by atoms with E-state index in [1.54, 1.807) is 0 Å². The van der Waals surface area contributed by atoms with E-state index < -0.39 is 5.60 Å². The zero-order chi connectivity index (χ0) is 17.7. The van der Waals surface area contributed by atoms with E-state index in [0.29, 0.717) is 23.8 Å². The van der Waals surface area contributed by atoms with Crippen molar-refractivity contribution < 1.29 is 19.1 Å². The Morgan fingerprint density at radius 1 is 1.04 bits per heavy atom. The molecule has 1 fully saturated rings. The number of hydrogen-bond donors (Lipinski definition) is 0. The van der Waals surface area contributed by atoms with Crippen molar-refractivity contribution in [1.29, 1.82) is 0 Å². The van der Waals surface area contributed by atoms with Crippen LogP contribution in [0.2, 0.25) is 0 Å². The van der Waals surface area contributed by atoms with Crippen LogP contribution < -0.4 is 0 Å². The maximum Gasteiger partial charge on any atom is 0.337 e. The quantitative estimate of drug-likeness (QED) is 0.763. The second kappa shape index (κ2) is 7.82. The highest BCUT2D eigenvalue weighted by molar-refractivity contribution is 5.89. The van der Waals surface area contributed by atoms with Gasteiger partial charge in [0.1, 0.15) is 5.60 Å². The first-order valence-corrected chi connectivity index (χ1v) is 8.68. The summed E-state index contributed by atoms with van der Waals surface area (Å²) in [5.41, 5.74) is 1.44. The number of carbonyl (C=O) groups is 2. The minimum atomic E-state index is -0.407. The lowest BCUT2D eigenvalue weighted by Gasteiger charge is -2.29. The van der Waals surface area contributed by atoms with Crippen molar-refractivity contribution in [2.75, 3.05) is 7.11 Å². The van der Waals surface area contributed by atoms with Gasteiger partial charge in [-0.15, -0.1) is 0 Å². The molecule has 132 valence electrons. The normalized spacial score (nSPS) is 21.2. The number of methoxy groups -OCH3 is 1. The fourth-order valence-electron chi connectivity index (χ4n) is 3.33. The summed E-state index contributed by atoms with van der Waals surface area (Å²) in [5, 5.41) is 0. The molecule has 0 spiro atoms. The van der Waals surface area contributed by atoms with Gasteiger partial charge in [0.2, 0.25) is 0 Å². The first-order chi connectivity index (χ1) is 11.3. The minimum Gasteiger partial charge on any atom is -0.465 e. The SMILES string of the molecule is COC(=O)c1ccc(C2CCC(CC(=O)OC(C)(C)C)CC2)cc1. The molecule has 2 rings (SSSR count). The maximum atomic E-state index is 11.9. The molecule has 24 heavy (non-hydrogen) atoms. The number of carbonyl (C=O) groups excluding carboxylic acids is 2. The molecule has 0 unspecified atom stereocenters. The predicted molar refractivity (Wildman–Crippen MR) is 92.9 cm³/mol. The van der Waals surface area contributed by atoms with Crippen LogP contribution in [-0.2, 0) is 14.3 Å². The van der Waals surface area contributed by atoms with Crippen LogP contribution in [0.3, 0.4) is 0 Å². The number of benzene rings is 1. The van der Waals surface area contributed by atoms with Crippen LogP contribution in [0.15, 0.2) is 24.3 Å². The Balaban J connectivity index is 1.84. The number of ether oxygens (including phenoxy) is 2. The van der Waals surface area contributed by atoms with E-state index in [4.69, 9.17) is 9.47 Å². The molecule has 0 heterocycles. The molecule has 1 aromatic rings. The van der Waals surface area contributed by atoms with Gasteiger partial charge in [-0.2, -0.15) is 0 Å². The van der Waals surface area contributed by atoms with Crippen LogP contribution in [0.5, 0.6) is 0 Å². The van der Waals surface area contributed by atoms with Gasteiger partial charge in [0.15, 0.2) is 0 Å². The third-order valence-corrected chi connectivity index (χ3v) is 4.53. The highest BCUT2D eigenvalue weighted by atomic mass is 16.6. The Morgan fingerprint density at radius 2 is 1.62 bits per heavy atom. The molecule has 1 aliphatic carbocycles. The Kier molecular flexibility index (Phi) is 6.03. The lowest BCUT2D eigenvalue weighted by Crippen LogP contribution is -2.26. The summed E-state index contributed by atoms with van der Waals surface area (Å²) in [5.74, 6) is 0.535. The molecular formula is C20H28O4. The zero-order valence-electron chi connectivity index (χ0n) is 15.1. The molecule has 0 bridgehead atoms. The summed E-state index contributed by atoms with van der Waals surface area (Å²) in [4.78, 5) is 23.4. The first kappa shape index (κ1) is 18.5. The number of rotatable bonds is 4. The van der Waals surface area contributed by atoms with Crippen molar-refractivity contribution in [2.45, 2.75) is 64.4 Å². The molecule has 0 aliphatic heterocycles. The average molecular weight is 332 g/mol. The molecule has 4 nitrogen and oxygen atoms in total. The van der Waals surface area contributed by atoms with E-state index in [2.05, 4.69) is 0 Å². The van der Waals surface area contributed by atoms with Crippen molar-refractivity contribution >= 4 is 11.9 Å². The van der Waals surface area contributed by atoms with E-state index >= 15 is 0 Å². The van der Waals surface area contributed by atoms with Gasteiger partial charge in [-0.1, -0.05) is 12.1 Å². The van der Waals surface area contributed by atoms with Crippen LogP contribution in [0.1, 0.15) is 74.7 Å². The van der Waals surface area contributed by atoms with Crippen LogP contribution in [0.4, 0.5) is 0 Å². The van der Waals surface area contributed by atoms with E-state index in [9.17, 15) is 9.59 Å². The summed E-state index contributed by atoms with van der Waals surface area (Å²) in [6, 6.07) is 7.69. The third-order valence-electron chi connectivity index (χ3n) is 4.53. The average Bonchev–Trinajstić information content (AvgIpc) is 2.53. The lowest BCUT2D eigenvalue weighted by atomic mass is 9.77. The minimum absolute atomic E-state index is 0.0895. The van der Waals surface area contributed by atoms with E-state index in [1.807, 2.05) is 45.0 Å². The molecule has 0 N–H and O–H groups in total. The smallest absolute Gasteiger partial charge is 0.337 e.